The molecule has 0 saturated heterocycles. The van der Waals surface area contributed by atoms with Gasteiger partial charge in [0.1, 0.15) is 36.2 Å². The number of aliphatic imine (C=N–C) groups is 2. The first-order chi connectivity index (χ1) is 26.5. The number of rotatable bonds is 10. The van der Waals surface area contributed by atoms with Crippen LogP contribution in [0.3, 0.4) is 0 Å². The van der Waals surface area contributed by atoms with Gasteiger partial charge in [-0.05, 0) is 69.2 Å². The zero-order valence-electron chi connectivity index (χ0n) is 35.9. The SMILES string of the molecule is C=CCOc1cccc(N=Cc2cc(C(C)(C)C)cc(C(C)(C)C)c2O)c1.C=CCOc1cccc(N=Cc2cc(C(C)(C)C)cc(C(C)(C)C)c2O)c1.[Cl][Ti][Cl]. The molecule has 0 heterocycles. The van der Waals surface area contributed by atoms with Gasteiger partial charge in [0, 0.05) is 46.8 Å². The summed E-state index contributed by atoms with van der Waals surface area (Å²) in [7, 11) is 9.78. The fraction of sp³-hybridized carbons (Fsp3) is 0.375. The predicted octanol–water partition coefficient (Wildman–Crippen LogP) is 14.0. The normalized spacial score (nSPS) is 12.0. The average molecular weight is 850 g/mol. The molecule has 306 valence electrons. The number of hydrogen-bond donors (Lipinski definition) is 2. The van der Waals surface area contributed by atoms with Crippen molar-refractivity contribution in [2.75, 3.05) is 13.2 Å². The number of benzene rings is 4. The van der Waals surface area contributed by atoms with Gasteiger partial charge in [0.25, 0.3) is 0 Å². The molecule has 0 radical (unpaired) electrons. The van der Waals surface area contributed by atoms with Crippen molar-refractivity contribution in [1.29, 1.82) is 0 Å². The van der Waals surface area contributed by atoms with Crippen LogP contribution < -0.4 is 9.47 Å². The number of phenolic OH excluding ortho intramolecular Hbond substituents is 2. The number of halogens is 2. The molecular formula is C48H62Cl2N2O4Ti. The third-order valence-corrected chi connectivity index (χ3v) is 8.70. The van der Waals surface area contributed by atoms with E-state index in [-0.39, 0.29) is 21.7 Å². The van der Waals surface area contributed by atoms with Crippen molar-refractivity contribution in [3.05, 3.63) is 131 Å². The maximum atomic E-state index is 10.8. The number of nitrogens with zero attached hydrogens (tertiary/aromatic N) is 2. The maximum absolute atomic E-state index is 10.8. The van der Waals surface area contributed by atoms with E-state index >= 15 is 0 Å². The molecule has 0 amide bonds. The summed E-state index contributed by atoms with van der Waals surface area (Å²) in [5.41, 5.74) is 6.85. The molecule has 0 aromatic heterocycles. The summed E-state index contributed by atoms with van der Waals surface area (Å²) in [6.07, 6.45) is 6.87. The molecule has 0 saturated carbocycles. The van der Waals surface area contributed by atoms with Crippen LogP contribution in [0.2, 0.25) is 0 Å². The Morgan fingerprint density at radius 2 is 0.895 bits per heavy atom. The van der Waals surface area contributed by atoms with Crippen LogP contribution in [0, 0.1) is 0 Å². The monoisotopic (exact) mass is 848 g/mol. The fourth-order valence-electron chi connectivity index (χ4n) is 5.43. The Morgan fingerprint density at radius 1 is 0.561 bits per heavy atom. The minimum atomic E-state index is -0.556. The number of ether oxygens (including phenoxy) is 2. The van der Waals surface area contributed by atoms with Gasteiger partial charge in [0.05, 0.1) is 11.4 Å². The zero-order valence-corrected chi connectivity index (χ0v) is 39.0. The third-order valence-electron chi connectivity index (χ3n) is 8.70. The van der Waals surface area contributed by atoms with Crippen molar-refractivity contribution in [2.45, 2.75) is 105 Å². The Balaban J connectivity index is 0.000000368. The molecule has 0 fully saturated rings. The average Bonchev–Trinajstić information content (AvgIpc) is 3.11. The molecule has 4 aromatic rings. The Kier molecular flexibility index (Phi) is 18.9. The van der Waals surface area contributed by atoms with Crippen molar-refractivity contribution < 1.29 is 36.7 Å². The molecule has 0 bridgehead atoms. The van der Waals surface area contributed by atoms with Gasteiger partial charge in [-0.15, -0.1) is 0 Å². The molecule has 0 spiro atoms. The molecule has 9 heteroatoms. The van der Waals surface area contributed by atoms with Crippen LogP contribution in [0.25, 0.3) is 0 Å². The first-order valence-corrected chi connectivity index (χ1v) is 23.2. The van der Waals surface area contributed by atoms with Crippen LogP contribution in [0.4, 0.5) is 11.4 Å². The van der Waals surface area contributed by atoms with E-state index in [2.05, 4.69) is 118 Å². The number of phenols is 2. The molecule has 0 aliphatic carbocycles. The van der Waals surface area contributed by atoms with E-state index in [0.29, 0.717) is 24.7 Å². The van der Waals surface area contributed by atoms with Gasteiger partial charge in [-0.1, -0.05) is 133 Å². The van der Waals surface area contributed by atoms with Gasteiger partial charge in [0.15, 0.2) is 0 Å². The van der Waals surface area contributed by atoms with Gasteiger partial charge in [-0.25, -0.2) is 0 Å². The van der Waals surface area contributed by atoms with Crippen LogP contribution in [0.1, 0.15) is 116 Å². The van der Waals surface area contributed by atoms with E-state index in [1.807, 2.05) is 60.7 Å². The first kappa shape index (κ1) is 49.3. The molecule has 0 atom stereocenters. The second-order valence-electron chi connectivity index (χ2n) is 17.7. The van der Waals surface area contributed by atoms with E-state index in [1.54, 1.807) is 24.6 Å². The van der Waals surface area contributed by atoms with Crippen LogP contribution in [0.15, 0.2) is 108 Å². The summed E-state index contributed by atoms with van der Waals surface area (Å²) >= 11 is -0.556. The summed E-state index contributed by atoms with van der Waals surface area (Å²) in [6.45, 7) is 33.9. The van der Waals surface area contributed by atoms with Crippen molar-refractivity contribution in [3.63, 3.8) is 0 Å². The molecule has 0 aliphatic rings. The predicted molar refractivity (Wildman–Crippen MR) is 241 cm³/mol. The van der Waals surface area contributed by atoms with Gasteiger partial charge >= 0.3 is 35.6 Å². The molecular weight excluding hydrogens is 787 g/mol. The second kappa shape index (κ2) is 21.8. The van der Waals surface area contributed by atoms with Crippen molar-refractivity contribution in [2.24, 2.45) is 9.98 Å². The summed E-state index contributed by atoms with van der Waals surface area (Å²) in [4.78, 5) is 9.12. The Hall–Kier alpha value is -3.81. The van der Waals surface area contributed by atoms with Crippen molar-refractivity contribution in [3.8, 4) is 23.0 Å². The molecule has 4 rings (SSSR count). The molecule has 0 unspecified atom stereocenters. The van der Waals surface area contributed by atoms with Crippen molar-refractivity contribution in [1.82, 2.24) is 0 Å². The van der Waals surface area contributed by atoms with Crippen LogP contribution in [-0.4, -0.2) is 35.9 Å². The molecule has 4 aromatic carbocycles. The van der Waals surface area contributed by atoms with E-state index in [4.69, 9.17) is 28.1 Å². The van der Waals surface area contributed by atoms with E-state index < -0.39 is 17.0 Å². The van der Waals surface area contributed by atoms with Gasteiger partial charge in [-0.2, -0.15) is 0 Å². The molecule has 6 nitrogen and oxygen atoms in total. The van der Waals surface area contributed by atoms with Crippen molar-refractivity contribution >= 4 is 42.4 Å². The molecule has 2 N–H and O–H groups in total. The summed E-state index contributed by atoms with van der Waals surface area (Å²) in [6, 6.07) is 23.4. The Labute approximate surface area is 359 Å². The van der Waals surface area contributed by atoms with E-state index in [1.165, 1.54) is 11.1 Å². The van der Waals surface area contributed by atoms with Crippen LogP contribution in [-0.2, 0) is 38.7 Å². The molecule has 57 heavy (non-hydrogen) atoms. The zero-order chi connectivity index (χ0) is 43.2. The van der Waals surface area contributed by atoms with Gasteiger partial charge < -0.3 is 19.7 Å². The van der Waals surface area contributed by atoms with Crippen LogP contribution in [0.5, 0.6) is 23.0 Å². The standard InChI is InChI=1S/2C24H31NO2.2ClH.Ti/c2*1-8-12-27-20-11-9-10-19(15-20)25-16-17-13-18(23(2,3)4)14-21(22(17)26)24(5,6)7;;;/h2*8-11,13-16,26H,1,12H2,2-7H3;2*1H;/q;;;;+2/p-2. The van der Waals surface area contributed by atoms with E-state index in [9.17, 15) is 10.2 Å². The molecule has 0 aliphatic heterocycles. The fourth-order valence-corrected chi connectivity index (χ4v) is 5.43. The quantitative estimate of drug-likeness (QED) is 0.0946. The number of aromatic hydroxyl groups is 2. The van der Waals surface area contributed by atoms with Gasteiger partial charge in [-0.3, -0.25) is 9.98 Å². The third kappa shape index (κ3) is 16.2. The summed E-state index contributed by atoms with van der Waals surface area (Å²) in [5.74, 6) is 2.07. The van der Waals surface area contributed by atoms with Gasteiger partial charge in [0.2, 0.25) is 0 Å². The van der Waals surface area contributed by atoms with E-state index in [0.717, 1.165) is 45.1 Å². The summed E-state index contributed by atoms with van der Waals surface area (Å²) in [5, 5.41) is 21.7. The minimum absolute atomic E-state index is 0.0191. The second-order valence-corrected chi connectivity index (χ2v) is 20.3. The Morgan fingerprint density at radius 3 is 1.18 bits per heavy atom. The van der Waals surface area contributed by atoms with Crippen LogP contribution >= 0.6 is 18.6 Å². The Bertz CT molecular complexity index is 1850. The topological polar surface area (TPSA) is 83.6 Å². The first-order valence-electron chi connectivity index (χ1n) is 18.9. The summed E-state index contributed by atoms with van der Waals surface area (Å²) < 4.78 is 11.1. The number of hydrogen-bond acceptors (Lipinski definition) is 6.